The maximum atomic E-state index is 11.2. The first-order valence-electron chi connectivity index (χ1n) is 47.5. The van der Waals surface area contributed by atoms with Crippen LogP contribution >= 0.6 is 11.3 Å². The highest BCUT2D eigenvalue weighted by Crippen LogP contribution is 2.66. The molecule has 10 nitrogen and oxygen atoms in total. The first-order valence-corrected chi connectivity index (χ1v) is 60.0. The smallest absolute Gasteiger partial charge is 0.192 e. The molecule has 1 aromatic heterocycles. The number of thiazole rings is 1. The van der Waals surface area contributed by atoms with Gasteiger partial charge >= 0.3 is 0 Å². The van der Waals surface area contributed by atoms with Crippen LogP contribution in [-0.2, 0) is 32.7 Å². The van der Waals surface area contributed by atoms with Crippen molar-refractivity contribution in [2.75, 3.05) is 0 Å². The Labute approximate surface area is 747 Å². The third kappa shape index (κ3) is 22.7. The van der Waals surface area contributed by atoms with Gasteiger partial charge in [-0.25, -0.2) is 4.98 Å². The van der Waals surface area contributed by atoms with E-state index in [9.17, 15) is 24.9 Å². The zero-order valence-electron chi connectivity index (χ0n) is 82.2. The van der Waals surface area contributed by atoms with Crippen LogP contribution in [0.4, 0.5) is 0 Å². The van der Waals surface area contributed by atoms with Crippen LogP contribution in [0.3, 0.4) is 0 Å². The lowest BCUT2D eigenvalue weighted by atomic mass is 9.57. The average Bonchev–Trinajstić information content (AvgIpc) is 1.61. The highest BCUT2D eigenvalue weighted by atomic mass is 32.1. The van der Waals surface area contributed by atoms with Crippen LogP contribution < -0.4 is 0 Å². The molecule has 0 bridgehead atoms. The fraction of sp³-hybridized carbons (Fsp3) is 0.726. The molecule has 0 spiro atoms. The molecule has 15 heteroatoms. The number of hydrogen-bond acceptors (Lipinski definition) is 11. The molecule has 0 saturated heterocycles. The predicted octanol–water partition coefficient (Wildman–Crippen LogP) is 28.5. The van der Waals surface area contributed by atoms with Gasteiger partial charge in [-0.1, -0.05) is 243 Å². The van der Waals surface area contributed by atoms with Crippen molar-refractivity contribution in [1.29, 1.82) is 0 Å². The van der Waals surface area contributed by atoms with Gasteiger partial charge in [-0.15, -0.1) is 11.3 Å². The summed E-state index contributed by atoms with van der Waals surface area (Å²) in [6.07, 6.45) is 51.7. The summed E-state index contributed by atoms with van der Waals surface area (Å²) in [5.74, 6) is 3.48. The lowest BCUT2D eigenvalue weighted by Crippen LogP contribution is -2.49. The number of aryl methyl sites for hydroxylation is 1. The highest BCUT2D eigenvalue weighted by molar-refractivity contribution is 7.09. The van der Waals surface area contributed by atoms with Crippen LogP contribution in [0.25, 0.3) is 0 Å². The maximum absolute atomic E-state index is 11.2. The minimum atomic E-state index is -1.98. The second-order valence-corrected chi connectivity index (χ2v) is 68.3. The van der Waals surface area contributed by atoms with E-state index in [2.05, 4.69) is 284 Å². The van der Waals surface area contributed by atoms with Crippen LogP contribution in [0, 0.1) is 74.9 Å². The first kappa shape index (κ1) is 101. The van der Waals surface area contributed by atoms with E-state index in [1.54, 1.807) is 34.6 Å². The minimum Gasteiger partial charge on any atom is -0.413 e. The third-order valence-corrected chi connectivity index (χ3v) is 53.9. The number of aromatic nitrogens is 1. The van der Waals surface area contributed by atoms with Gasteiger partial charge in [-0.2, -0.15) is 0 Å². The molecule has 0 amide bonds. The summed E-state index contributed by atoms with van der Waals surface area (Å²) in [7, 11) is -7.83. The van der Waals surface area contributed by atoms with Crippen LogP contribution in [0.2, 0.25) is 72.5 Å². The van der Waals surface area contributed by atoms with E-state index in [1.165, 1.54) is 107 Å². The highest BCUT2D eigenvalue weighted by Gasteiger charge is 2.58. The van der Waals surface area contributed by atoms with Crippen molar-refractivity contribution < 1.29 is 42.6 Å². The Morgan fingerprint density at radius 2 is 0.793 bits per heavy atom. The van der Waals surface area contributed by atoms with Crippen molar-refractivity contribution in [3.05, 3.63) is 159 Å². The Morgan fingerprint density at radius 3 is 1.11 bits per heavy atom. The Balaban J connectivity index is 0.000000207. The molecule has 10 fully saturated rings. The first-order chi connectivity index (χ1) is 55.6. The topological polar surface area (TPSA) is 145 Å². The Kier molecular flexibility index (Phi) is 31.7. The zero-order chi connectivity index (χ0) is 90.5. The predicted molar refractivity (Wildman–Crippen MR) is 523 cm³/mol. The van der Waals surface area contributed by atoms with Crippen LogP contribution in [0.5, 0.6) is 0 Å². The molecule has 0 aromatic carbocycles. The summed E-state index contributed by atoms with van der Waals surface area (Å²) in [6.45, 7) is 83.8. The van der Waals surface area contributed by atoms with Crippen molar-refractivity contribution in [3.8, 4) is 0 Å². The van der Waals surface area contributed by atoms with E-state index in [1.807, 2.05) is 6.92 Å². The van der Waals surface area contributed by atoms with E-state index in [0.29, 0.717) is 48.3 Å². The second kappa shape index (κ2) is 37.9. The molecule has 10 aliphatic rings. The molecular weight excluding hydrogens is 1580 g/mol. The lowest BCUT2D eigenvalue weighted by Gasteiger charge is -2.47. The van der Waals surface area contributed by atoms with Gasteiger partial charge in [-0.3, -0.25) is 9.59 Å². The van der Waals surface area contributed by atoms with E-state index in [4.69, 9.17) is 22.7 Å². The van der Waals surface area contributed by atoms with Gasteiger partial charge in [-0.05, 0) is 321 Å². The van der Waals surface area contributed by atoms with Gasteiger partial charge < -0.3 is 33.0 Å². The standard InChI is InChI=1S/2C37H64O3Si2.C32H45NO3S/c2*1-27-29(19-18-28-17-15-23-37(10)31(28)20-21-33(37)36(8,9)22-16-24-38)25-30(39-41(11,12)34(2,3)4)26-32(27)40-42(13,14)35(5,6)7;1-20-19-37-29(33-20)32(15-16-32)28(36)12-14-30(3,4)27-11-10-25-22(7-6-13-31(25,27)5)8-9-23-17-24(34)18-26(35)21(23)2/h2*16,18-19,22,24,30-33H,1,15,17,20-21,23,25-26H2,2-14H3;8-9,12,14,19,24-28,34-36H,2,6-7,10-11,13,15-18H2,1,3-5H3/b22-16+,28-18+,29-19+;22-16+,28-18+,29-19-;14-12+,22-8+,23-9-/t2*30-,31+,32+,33-,37+;24-,25+,26+,27-,28+,31+/m111/s1. The Morgan fingerprint density at radius 1 is 0.463 bits per heavy atom. The number of aldehydes is 2. The van der Waals surface area contributed by atoms with E-state index in [0.717, 1.165) is 90.5 Å². The van der Waals surface area contributed by atoms with Gasteiger partial charge in [0.1, 0.15) is 17.6 Å². The molecule has 1 aromatic rings. The lowest BCUT2D eigenvalue weighted by molar-refractivity contribution is -0.104. The molecule has 0 radical (unpaired) electrons. The summed E-state index contributed by atoms with van der Waals surface area (Å²) in [4.78, 5) is 26.9. The van der Waals surface area contributed by atoms with Crippen molar-refractivity contribution in [1.82, 2.24) is 4.98 Å². The van der Waals surface area contributed by atoms with Crippen LogP contribution in [-0.4, -0.2) is 109 Å². The van der Waals surface area contributed by atoms with E-state index in [-0.39, 0.29) is 82.5 Å². The molecule has 678 valence electrons. The second-order valence-electron chi connectivity index (χ2n) is 48.4. The van der Waals surface area contributed by atoms with Crippen molar-refractivity contribution >= 4 is 57.2 Å². The summed E-state index contributed by atoms with van der Waals surface area (Å²) in [5.41, 5.74) is 13.1. The number of aliphatic hydroxyl groups is 3. The van der Waals surface area contributed by atoms with Crippen molar-refractivity contribution in [3.63, 3.8) is 0 Å². The van der Waals surface area contributed by atoms with Crippen molar-refractivity contribution in [2.45, 2.75) is 421 Å². The average molecular weight is 1750 g/mol. The molecule has 0 unspecified atom stereocenters. The molecule has 3 N–H and O–H groups in total. The number of carbonyl (C=O) groups excluding carboxylic acids is 2. The van der Waals surface area contributed by atoms with Gasteiger partial charge in [0.05, 0.1) is 48.1 Å². The summed E-state index contributed by atoms with van der Waals surface area (Å²) in [6, 6.07) is 0. The Bertz CT molecular complexity index is 3980. The molecule has 10 aliphatic carbocycles. The molecule has 11 rings (SSSR count). The number of carbonyl (C=O) groups is 2. The number of allylic oxidation sites excluding steroid dienone is 14. The van der Waals surface area contributed by atoms with E-state index < -0.39 is 51.6 Å². The largest absolute Gasteiger partial charge is 0.413 e. The Hall–Kier alpha value is -3.56. The maximum Gasteiger partial charge on any atom is 0.192 e. The molecule has 16 atom stereocenters. The van der Waals surface area contributed by atoms with Crippen molar-refractivity contribution in [2.24, 2.45) is 68.0 Å². The molecule has 121 heavy (non-hydrogen) atoms. The van der Waals surface area contributed by atoms with Gasteiger partial charge in [0.15, 0.2) is 33.3 Å². The fourth-order valence-electron chi connectivity index (χ4n) is 23.2. The van der Waals surface area contributed by atoms with E-state index >= 15 is 0 Å². The molecular formula is C106H173NO9SSi4. The van der Waals surface area contributed by atoms with Crippen LogP contribution in [0.1, 0.15) is 304 Å². The minimum absolute atomic E-state index is 0.00779. The molecule has 1 heterocycles. The summed E-state index contributed by atoms with van der Waals surface area (Å²) < 4.78 is 28.2. The number of aliphatic hydroxyl groups excluding tert-OH is 3. The quantitative estimate of drug-likeness (QED) is 0.0444. The number of rotatable bonds is 22. The third-order valence-electron chi connectivity index (χ3n) is 34.6. The normalized spacial score (nSPS) is 33.6. The summed E-state index contributed by atoms with van der Waals surface area (Å²) >= 11 is 1.69. The number of nitrogens with zero attached hydrogens (tertiary/aromatic N) is 1. The van der Waals surface area contributed by atoms with Crippen LogP contribution in [0.15, 0.2) is 148 Å². The number of hydrogen-bond donors (Lipinski definition) is 3. The SMILES string of the molecule is C=C1/C(=C/C=C2\CCC[C@]3(C)[C@@H](C(C)(C)/C=C/C=O)CC[C@@H]23)C[C@@H](O[Si](C)(C)C(C)(C)C)C[C@@H]1O[Si](C)(C)C(C)(C)C.C=C1/C(=C\C=C2/CCC[C@]3(C)[C@@H](C(C)(C)/C=C/C=O)CC[C@@H]23)C[C@@H](O[Si](C)(C)C(C)(C)C)C[C@@H]1O[Si](C)(C)C(C)(C)C.C=C1/C(=C\C=C2/CCC[C@]3(C)[C@@H](C(C)(C)/C=C/[C@H](O)C4(c5nc(C)cs5)CC4)CC[C@@H]23)C[C@@H](O)C[C@@H]1O. The van der Waals surface area contributed by atoms with Gasteiger partial charge in [0, 0.05) is 30.3 Å². The van der Waals surface area contributed by atoms with Gasteiger partial charge in [0.2, 0.25) is 0 Å². The fourth-order valence-corrected chi connectivity index (χ4v) is 29.6. The number of fused-ring (bicyclic) bond motifs is 3. The van der Waals surface area contributed by atoms with Gasteiger partial charge in [0.25, 0.3) is 0 Å². The molecule has 0 aliphatic heterocycles. The molecule has 10 saturated carbocycles. The monoisotopic (exact) mass is 1750 g/mol. The zero-order valence-corrected chi connectivity index (χ0v) is 87.0. The summed E-state index contributed by atoms with van der Waals surface area (Å²) in [5, 5.41) is 35.4.